The Hall–Kier alpha value is -0.800. The maximum absolute atomic E-state index is 11.2. The molecule has 0 saturated heterocycles. The van der Waals surface area contributed by atoms with Gasteiger partial charge in [-0.1, -0.05) is 0 Å². The summed E-state index contributed by atoms with van der Waals surface area (Å²) < 4.78 is 0. The first kappa shape index (κ1) is 17.3. The van der Waals surface area contributed by atoms with Gasteiger partial charge in [-0.2, -0.15) is 0 Å². The summed E-state index contributed by atoms with van der Waals surface area (Å²) in [5, 5.41) is 41.1. The van der Waals surface area contributed by atoms with E-state index in [0.29, 0.717) is 32.5 Å². The van der Waals surface area contributed by atoms with Crippen LogP contribution in [0.2, 0.25) is 0 Å². The summed E-state index contributed by atoms with van der Waals surface area (Å²) in [5.74, 6) is 0. The molecule has 1 rings (SSSR count). The van der Waals surface area contributed by atoms with Crippen molar-refractivity contribution in [3.8, 4) is 0 Å². The minimum atomic E-state index is -0.694. The lowest BCUT2D eigenvalue weighted by Gasteiger charge is -2.37. The van der Waals surface area contributed by atoms with Crippen LogP contribution in [0, 0.1) is 10.1 Å². The summed E-state index contributed by atoms with van der Waals surface area (Å²) in [4.78, 5) is 12.8. The van der Waals surface area contributed by atoms with Crippen molar-refractivity contribution in [1.82, 2.24) is 10.2 Å². The number of aliphatic hydroxyl groups excluding tert-OH is 3. The molecule has 8 heteroatoms. The van der Waals surface area contributed by atoms with Crippen molar-refractivity contribution >= 4 is 0 Å². The Morgan fingerprint density at radius 3 is 2.30 bits per heavy atom. The predicted molar refractivity (Wildman–Crippen MR) is 73.0 cm³/mol. The van der Waals surface area contributed by atoms with E-state index in [2.05, 4.69) is 5.32 Å². The Balaban J connectivity index is 2.63. The van der Waals surface area contributed by atoms with Gasteiger partial charge in [0.15, 0.2) is 0 Å². The molecule has 0 spiro atoms. The second-order valence-electron chi connectivity index (χ2n) is 5.09. The van der Waals surface area contributed by atoms with Gasteiger partial charge in [-0.05, 0) is 12.8 Å². The highest BCUT2D eigenvalue weighted by Crippen LogP contribution is 2.25. The standard InChI is InChI=1S/C12H25N3O5/c16-6-3-13-11-2-1-10(9-12(11)15(19)20)14(4-7-17)5-8-18/h10-13,16-18H,1-9H2. The molecule has 0 heterocycles. The molecule has 8 nitrogen and oxygen atoms in total. The zero-order chi connectivity index (χ0) is 15.0. The van der Waals surface area contributed by atoms with Gasteiger partial charge in [0, 0.05) is 37.0 Å². The lowest BCUT2D eigenvalue weighted by Crippen LogP contribution is -2.54. The molecule has 0 aromatic rings. The lowest BCUT2D eigenvalue weighted by atomic mass is 9.86. The predicted octanol–water partition coefficient (Wildman–Crippen LogP) is -1.58. The molecule has 1 fully saturated rings. The number of nitrogens with one attached hydrogen (secondary N) is 1. The fraction of sp³-hybridized carbons (Fsp3) is 1.00. The largest absolute Gasteiger partial charge is 0.395 e. The Kier molecular flexibility index (Phi) is 7.93. The van der Waals surface area contributed by atoms with Gasteiger partial charge in [-0.25, -0.2) is 0 Å². The van der Waals surface area contributed by atoms with Crippen LogP contribution in [0.25, 0.3) is 0 Å². The van der Waals surface area contributed by atoms with Gasteiger partial charge in [-0.15, -0.1) is 0 Å². The highest BCUT2D eigenvalue weighted by molar-refractivity contribution is 4.89. The summed E-state index contributed by atoms with van der Waals surface area (Å²) >= 11 is 0. The van der Waals surface area contributed by atoms with Crippen molar-refractivity contribution in [2.45, 2.75) is 37.4 Å². The quantitative estimate of drug-likeness (QED) is 0.299. The molecule has 1 aliphatic carbocycles. The summed E-state index contributed by atoms with van der Waals surface area (Å²) in [6.45, 7) is 1.12. The molecule has 20 heavy (non-hydrogen) atoms. The van der Waals surface area contributed by atoms with Gasteiger partial charge in [0.2, 0.25) is 6.04 Å². The smallest absolute Gasteiger partial charge is 0.229 e. The van der Waals surface area contributed by atoms with Crippen LogP contribution < -0.4 is 5.32 Å². The molecule has 1 aliphatic rings. The SMILES string of the molecule is O=[N+]([O-])C1CC(N(CCO)CCO)CCC1NCCO. The van der Waals surface area contributed by atoms with Gasteiger partial charge < -0.3 is 20.6 Å². The number of nitrogens with zero attached hydrogens (tertiary/aromatic N) is 2. The second kappa shape index (κ2) is 9.19. The molecule has 0 aromatic heterocycles. The van der Waals surface area contributed by atoms with E-state index in [9.17, 15) is 10.1 Å². The van der Waals surface area contributed by atoms with Crippen LogP contribution >= 0.6 is 0 Å². The first-order chi connectivity index (χ1) is 9.63. The van der Waals surface area contributed by atoms with E-state index < -0.39 is 6.04 Å². The summed E-state index contributed by atoms with van der Waals surface area (Å²) in [7, 11) is 0. The molecule has 118 valence electrons. The fourth-order valence-electron chi connectivity index (χ4n) is 2.91. The van der Waals surface area contributed by atoms with E-state index in [1.165, 1.54) is 0 Å². The Morgan fingerprint density at radius 1 is 1.15 bits per heavy atom. The number of hydrogen-bond acceptors (Lipinski definition) is 7. The molecule has 1 saturated carbocycles. The van der Waals surface area contributed by atoms with Gasteiger partial charge in [-0.3, -0.25) is 15.0 Å². The maximum atomic E-state index is 11.2. The van der Waals surface area contributed by atoms with Crippen molar-refractivity contribution < 1.29 is 20.2 Å². The van der Waals surface area contributed by atoms with E-state index >= 15 is 0 Å². The van der Waals surface area contributed by atoms with Crippen molar-refractivity contribution in [2.75, 3.05) is 39.5 Å². The molecule has 0 radical (unpaired) electrons. The van der Waals surface area contributed by atoms with E-state index in [4.69, 9.17) is 15.3 Å². The van der Waals surface area contributed by atoms with Crippen LogP contribution in [0.15, 0.2) is 0 Å². The molecule has 4 N–H and O–H groups in total. The summed E-state index contributed by atoms with van der Waals surface area (Å²) in [5.41, 5.74) is 0. The molecule has 0 aliphatic heterocycles. The number of hydrogen-bond donors (Lipinski definition) is 4. The van der Waals surface area contributed by atoms with Crippen molar-refractivity contribution in [3.63, 3.8) is 0 Å². The zero-order valence-electron chi connectivity index (χ0n) is 11.6. The zero-order valence-corrected chi connectivity index (χ0v) is 11.6. The molecule has 0 aromatic carbocycles. The van der Waals surface area contributed by atoms with Gasteiger partial charge in [0.1, 0.15) is 0 Å². The highest BCUT2D eigenvalue weighted by Gasteiger charge is 2.39. The van der Waals surface area contributed by atoms with Crippen LogP contribution in [0.4, 0.5) is 0 Å². The summed E-state index contributed by atoms with van der Waals surface area (Å²) in [6.07, 6.45) is 1.84. The van der Waals surface area contributed by atoms with Crippen LogP contribution in [0.5, 0.6) is 0 Å². The molecular weight excluding hydrogens is 266 g/mol. The van der Waals surface area contributed by atoms with Crippen LogP contribution in [0.1, 0.15) is 19.3 Å². The van der Waals surface area contributed by atoms with Crippen LogP contribution in [0.3, 0.4) is 0 Å². The first-order valence-electron chi connectivity index (χ1n) is 7.07. The van der Waals surface area contributed by atoms with E-state index in [-0.39, 0.29) is 36.8 Å². The van der Waals surface area contributed by atoms with E-state index in [1.807, 2.05) is 4.90 Å². The van der Waals surface area contributed by atoms with Crippen molar-refractivity contribution in [2.24, 2.45) is 0 Å². The Morgan fingerprint density at radius 2 is 1.80 bits per heavy atom. The average molecular weight is 291 g/mol. The van der Waals surface area contributed by atoms with Crippen molar-refractivity contribution in [1.29, 1.82) is 0 Å². The van der Waals surface area contributed by atoms with Crippen LogP contribution in [-0.2, 0) is 0 Å². The third-order valence-electron chi connectivity index (χ3n) is 3.87. The monoisotopic (exact) mass is 291 g/mol. The topological polar surface area (TPSA) is 119 Å². The van der Waals surface area contributed by atoms with E-state index in [1.54, 1.807) is 0 Å². The van der Waals surface area contributed by atoms with Gasteiger partial charge in [0.25, 0.3) is 0 Å². The summed E-state index contributed by atoms with van der Waals surface area (Å²) in [6, 6.07) is -0.907. The number of rotatable bonds is 9. The molecule has 3 atom stereocenters. The van der Waals surface area contributed by atoms with Crippen molar-refractivity contribution in [3.05, 3.63) is 10.1 Å². The number of aliphatic hydroxyl groups is 3. The van der Waals surface area contributed by atoms with Gasteiger partial charge in [0.05, 0.1) is 25.9 Å². The first-order valence-corrected chi connectivity index (χ1v) is 7.07. The molecule has 3 unspecified atom stereocenters. The third kappa shape index (κ3) is 4.95. The van der Waals surface area contributed by atoms with E-state index in [0.717, 1.165) is 6.42 Å². The van der Waals surface area contributed by atoms with Crippen LogP contribution in [-0.4, -0.2) is 82.7 Å². The number of nitro groups is 1. The fourth-order valence-corrected chi connectivity index (χ4v) is 2.91. The Bertz CT molecular complexity index is 286. The average Bonchev–Trinajstić information content (AvgIpc) is 2.44. The minimum Gasteiger partial charge on any atom is -0.395 e. The lowest BCUT2D eigenvalue weighted by molar-refractivity contribution is -0.531. The molecular formula is C12H25N3O5. The second-order valence-corrected chi connectivity index (χ2v) is 5.09. The molecule has 0 amide bonds. The minimum absolute atomic E-state index is 0.0110. The Labute approximate surface area is 118 Å². The molecule has 0 bridgehead atoms. The van der Waals surface area contributed by atoms with Gasteiger partial charge >= 0.3 is 0 Å². The highest BCUT2D eigenvalue weighted by atomic mass is 16.6. The third-order valence-corrected chi connectivity index (χ3v) is 3.87. The maximum Gasteiger partial charge on any atom is 0.229 e. The normalized spacial score (nSPS) is 26.9.